The van der Waals surface area contributed by atoms with Gasteiger partial charge in [0.2, 0.25) is 5.91 Å². The molecule has 0 aliphatic heterocycles. The Balaban J connectivity index is 1.68. The zero-order chi connectivity index (χ0) is 16.5. The van der Waals surface area contributed by atoms with Gasteiger partial charge in [-0.25, -0.2) is 0 Å². The molecule has 1 atom stereocenters. The number of carbonyl (C=O) groups excluding carboxylic acids is 1. The Morgan fingerprint density at radius 3 is 2.48 bits per heavy atom. The maximum atomic E-state index is 11.3. The molecule has 0 aromatic heterocycles. The number of hydrogen-bond donors (Lipinski definition) is 3. The van der Waals surface area contributed by atoms with Gasteiger partial charge in [0.05, 0.1) is 6.10 Å². The Morgan fingerprint density at radius 2 is 1.74 bits per heavy atom. The molecule has 4 N–H and O–H groups in total. The quantitative estimate of drug-likeness (QED) is 0.619. The van der Waals surface area contributed by atoms with Crippen molar-refractivity contribution in [1.82, 2.24) is 5.32 Å². The average Bonchev–Trinajstić information content (AvgIpc) is 2.58. The van der Waals surface area contributed by atoms with Gasteiger partial charge in [0.25, 0.3) is 0 Å². The van der Waals surface area contributed by atoms with Crippen LogP contribution in [0.2, 0.25) is 0 Å². The van der Waals surface area contributed by atoms with Crippen molar-refractivity contribution in [2.45, 2.75) is 25.4 Å². The fraction of sp³-hybridized carbons (Fsp3) is 0.316. The summed E-state index contributed by atoms with van der Waals surface area (Å²) in [7, 11) is 0. The monoisotopic (exact) mass is 312 g/mol. The first-order chi connectivity index (χ1) is 11.2. The molecule has 0 fully saturated rings. The Kier molecular flexibility index (Phi) is 6.78. The van der Waals surface area contributed by atoms with Gasteiger partial charge < -0.3 is 16.2 Å². The Labute approximate surface area is 137 Å². The molecule has 2 aromatic carbocycles. The molecule has 0 heterocycles. The van der Waals surface area contributed by atoms with Crippen molar-refractivity contribution in [2.24, 2.45) is 5.73 Å². The highest BCUT2D eigenvalue weighted by molar-refractivity contribution is 5.94. The highest BCUT2D eigenvalue weighted by atomic mass is 16.3. The lowest BCUT2D eigenvalue weighted by molar-refractivity contribution is 0.0999. The molecule has 4 heteroatoms. The third-order valence-corrected chi connectivity index (χ3v) is 3.84. The van der Waals surface area contributed by atoms with Crippen LogP contribution < -0.4 is 11.1 Å². The van der Waals surface area contributed by atoms with E-state index < -0.39 is 5.91 Å². The van der Waals surface area contributed by atoms with Crippen molar-refractivity contribution in [2.75, 3.05) is 13.1 Å². The molecule has 0 aliphatic rings. The van der Waals surface area contributed by atoms with E-state index in [1.807, 2.05) is 36.4 Å². The van der Waals surface area contributed by atoms with E-state index in [0.29, 0.717) is 25.1 Å². The maximum Gasteiger partial charge on any atom is 0.248 e. The fourth-order valence-electron chi connectivity index (χ4n) is 2.55. The highest BCUT2D eigenvalue weighted by Crippen LogP contribution is 2.08. The Hall–Kier alpha value is -2.17. The largest absolute Gasteiger partial charge is 0.392 e. The van der Waals surface area contributed by atoms with E-state index in [-0.39, 0.29) is 6.10 Å². The second kappa shape index (κ2) is 9.08. The van der Waals surface area contributed by atoms with Crippen molar-refractivity contribution in [3.8, 4) is 0 Å². The summed E-state index contributed by atoms with van der Waals surface area (Å²) < 4.78 is 0. The van der Waals surface area contributed by atoms with Gasteiger partial charge in [0.15, 0.2) is 0 Å². The van der Waals surface area contributed by atoms with E-state index in [0.717, 1.165) is 18.4 Å². The van der Waals surface area contributed by atoms with E-state index in [4.69, 9.17) is 5.73 Å². The summed E-state index contributed by atoms with van der Waals surface area (Å²) in [5.74, 6) is -0.400. The third-order valence-electron chi connectivity index (χ3n) is 3.84. The van der Waals surface area contributed by atoms with Crippen molar-refractivity contribution in [3.63, 3.8) is 0 Å². The Bertz CT molecular complexity index is 614. The lowest BCUT2D eigenvalue weighted by Crippen LogP contribution is -2.29. The molecule has 0 radical (unpaired) electrons. The van der Waals surface area contributed by atoms with E-state index in [9.17, 15) is 9.90 Å². The number of carbonyl (C=O) groups is 1. The van der Waals surface area contributed by atoms with Crippen LogP contribution in [-0.4, -0.2) is 30.2 Å². The number of aliphatic hydroxyl groups is 1. The lowest BCUT2D eigenvalue weighted by Gasteiger charge is -2.12. The first-order valence-corrected chi connectivity index (χ1v) is 7.97. The summed E-state index contributed by atoms with van der Waals surface area (Å²) in [5.41, 5.74) is 8.11. The van der Waals surface area contributed by atoms with Gasteiger partial charge in [-0.2, -0.15) is 0 Å². The second-order valence-electron chi connectivity index (χ2n) is 5.65. The molecule has 2 rings (SSSR count). The van der Waals surface area contributed by atoms with Gasteiger partial charge in [-0.1, -0.05) is 48.5 Å². The summed E-state index contributed by atoms with van der Waals surface area (Å²) >= 11 is 0. The minimum absolute atomic E-state index is 0.374. The van der Waals surface area contributed by atoms with Gasteiger partial charge in [-0.05, 0) is 43.0 Å². The highest BCUT2D eigenvalue weighted by Gasteiger charge is 2.07. The van der Waals surface area contributed by atoms with Crippen molar-refractivity contribution in [3.05, 3.63) is 71.3 Å². The van der Waals surface area contributed by atoms with Crippen LogP contribution in [0, 0.1) is 0 Å². The van der Waals surface area contributed by atoms with E-state index >= 15 is 0 Å². The summed E-state index contributed by atoms with van der Waals surface area (Å²) in [6, 6.07) is 17.5. The number of nitrogens with two attached hydrogens (primary N) is 1. The van der Waals surface area contributed by atoms with Crippen LogP contribution in [0.1, 0.15) is 27.9 Å². The SMILES string of the molecule is NC(=O)c1ccccc1CCNC[C@@H](O)CCc1ccccc1. The number of nitrogens with one attached hydrogen (secondary N) is 1. The van der Waals surface area contributed by atoms with Crippen LogP contribution in [0.15, 0.2) is 54.6 Å². The number of rotatable bonds is 9. The first-order valence-electron chi connectivity index (χ1n) is 7.97. The summed E-state index contributed by atoms with van der Waals surface area (Å²) in [5, 5.41) is 13.2. The van der Waals surface area contributed by atoms with Gasteiger partial charge in [-0.3, -0.25) is 4.79 Å². The minimum Gasteiger partial charge on any atom is -0.392 e. The fourth-order valence-corrected chi connectivity index (χ4v) is 2.55. The molecule has 0 saturated carbocycles. The zero-order valence-electron chi connectivity index (χ0n) is 13.2. The number of primary amides is 1. The maximum absolute atomic E-state index is 11.3. The van der Waals surface area contributed by atoms with Crippen LogP contribution in [0.5, 0.6) is 0 Å². The van der Waals surface area contributed by atoms with Crippen LogP contribution in [0.3, 0.4) is 0 Å². The molecule has 4 nitrogen and oxygen atoms in total. The van der Waals surface area contributed by atoms with E-state index in [1.54, 1.807) is 6.07 Å². The normalized spacial score (nSPS) is 12.0. The molecule has 0 bridgehead atoms. The molecular formula is C19H24N2O2. The molecule has 0 aliphatic carbocycles. The van der Waals surface area contributed by atoms with Gasteiger partial charge in [0, 0.05) is 12.1 Å². The topological polar surface area (TPSA) is 75.4 Å². The predicted octanol–water partition coefficient (Wildman–Crippen LogP) is 1.91. The minimum atomic E-state index is -0.400. The van der Waals surface area contributed by atoms with Gasteiger partial charge in [0.1, 0.15) is 0 Å². The number of aliphatic hydroxyl groups excluding tert-OH is 1. The average molecular weight is 312 g/mol. The molecule has 122 valence electrons. The predicted molar refractivity (Wildman–Crippen MR) is 92.3 cm³/mol. The summed E-state index contributed by atoms with van der Waals surface area (Å²) in [6.07, 6.45) is 1.94. The van der Waals surface area contributed by atoms with Gasteiger partial charge in [-0.15, -0.1) is 0 Å². The van der Waals surface area contributed by atoms with Crippen molar-refractivity contribution in [1.29, 1.82) is 0 Å². The first kappa shape index (κ1) is 17.2. The molecule has 0 unspecified atom stereocenters. The van der Waals surface area contributed by atoms with Crippen molar-refractivity contribution >= 4 is 5.91 Å². The van der Waals surface area contributed by atoms with Crippen LogP contribution in [0.25, 0.3) is 0 Å². The third kappa shape index (κ3) is 5.85. The van der Waals surface area contributed by atoms with Gasteiger partial charge >= 0.3 is 0 Å². The second-order valence-corrected chi connectivity index (χ2v) is 5.65. The van der Waals surface area contributed by atoms with Crippen LogP contribution in [-0.2, 0) is 12.8 Å². The molecular weight excluding hydrogens is 288 g/mol. The molecule has 1 amide bonds. The number of aryl methyl sites for hydroxylation is 1. The van der Waals surface area contributed by atoms with Crippen molar-refractivity contribution < 1.29 is 9.90 Å². The molecule has 23 heavy (non-hydrogen) atoms. The number of amides is 1. The van der Waals surface area contributed by atoms with Crippen LogP contribution in [0.4, 0.5) is 0 Å². The standard InChI is InChI=1S/C19H24N2O2/c20-19(23)18-9-5-4-8-16(18)12-13-21-14-17(22)11-10-15-6-2-1-3-7-15/h1-9,17,21-22H,10-14H2,(H2,20,23)/t17-/m0/s1. The molecule has 0 saturated heterocycles. The lowest BCUT2D eigenvalue weighted by atomic mass is 10.0. The zero-order valence-corrected chi connectivity index (χ0v) is 13.2. The van der Waals surface area contributed by atoms with E-state index in [1.165, 1.54) is 5.56 Å². The summed E-state index contributed by atoms with van der Waals surface area (Å²) in [6.45, 7) is 1.25. The smallest absolute Gasteiger partial charge is 0.248 e. The number of benzene rings is 2. The Morgan fingerprint density at radius 1 is 1.04 bits per heavy atom. The number of hydrogen-bond acceptors (Lipinski definition) is 3. The molecule has 0 spiro atoms. The molecule has 2 aromatic rings. The van der Waals surface area contributed by atoms with Crippen LogP contribution >= 0.6 is 0 Å². The summed E-state index contributed by atoms with van der Waals surface area (Å²) in [4.78, 5) is 11.3. The van der Waals surface area contributed by atoms with E-state index in [2.05, 4.69) is 17.4 Å².